The first-order valence-corrected chi connectivity index (χ1v) is 9.34. The van der Waals surface area contributed by atoms with Gasteiger partial charge in [-0.15, -0.1) is 11.8 Å². The van der Waals surface area contributed by atoms with E-state index in [1.807, 2.05) is 56.5 Å². The van der Waals surface area contributed by atoms with Crippen molar-refractivity contribution in [3.8, 4) is 0 Å². The van der Waals surface area contributed by atoms with Gasteiger partial charge in [-0.1, -0.05) is 49.7 Å². The molecule has 0 saturated heterocycles. The molecule has 0 spiro atoms. The molecule has 0 bridgehead atoms. The zero-order valence-corrected chi connectivity index (χ0v) is 15.6. The zero-order chi connectivity index (χ0) is 17.5. The average molecular weight is 361 g/mol. The van der Waals surface area contributed by atoms with Gasteiger partial charge in [0.05, 0.1) is 12.1 Å². The minimum atomic E-state index is -0.265. The van der Waals surface area contributed by atoms with Crippen LogP contribution >= 0.6 is 23.4 Å². The van der Waals surface area contributed by atoms with Gasteiger partial charge < -0.3 is 0 Å². The van der Waals surface area contributed by atoms with E-state index < -0.39 is 0 Å². The second-order valence-electron chi connectivity index (χ2n) is 5.78. The highest BCUT2D eigenvalue weighted by atomic mass is 35.5. The van der Waals surface area contributed by atoms with Gasteiger partial charge in [0.15, 0.2) is 0 Å². The molecule has 0 aliphatic carbocycles. The molecule has 1 atom stereocenters. The van der Waals surface area contributed by atoms with Gasteiger partial charge in [0.25, 0.3) is 0 Å². The Morgan fingerprint density at radius 2 is 1.75 bits per heavy atom. The molecule has 3 nitrogen and oxygen atoms in total. The van der Waals surface area contributed by atoms with Gasteiger partial charge in [0, 0.05) is 9.92 Å². The summed E-state index contributed by atoms with van der Waals surface area (Å²) in [5.74, 6) is -0.232. The van der Waals surface area contributed by atoms with E-state index in [0.29, 0.717) is 5.02 Å². The first kappa shape index (κ1) is 18.6. The lowest BCUT2D eigenvalue weighted by molar-refractivity contribution is -0.123. The number of hydrogen-bond donors (Lipinski definition) is 1. The van der Waals surface area contributed by atoms with E-state index in [0.717, 1.165) is 11.1 Å². The van der Waals surface area contributed by atoms with Crippen LogP contribution in [0.2, 0.25) is 5.02 Å². The van der Waals surface area contributed by atoms with Crippen molar-refractivity contribution in [2.24, 2.45) is 11.0 Å². The van der Waals surface area contributed by atoms with Crippen molar-refractivity contribution in [3.63, 3.8) is 0 Å². The minimum Gasteiger partial charge on any atom is -0.272 e. The van der Waals surface area contributed by atoms with Crippen LogP contribution in [0.1, 0.15) is 30.9 Å². The lowest BCUT2D eigenvalue weighted by Crippen LogP contribution is -2.28. The molecule has 5 heteroatoms. The van der Waals surface area contributed by atoms with E-state index >= 15 is 0 Å². The molecule has 2 aromatic rings. The Balaban J connectivity index is 2.04. The van der Waals surface area contributed by atoms with Gasteiger partial charge in [0.2, 0.25) is 5.91 Å². The van der Waals surface area contributed by atoms with Crippen molar-refractivity contribution in [2.75, 3.05) is 6.26 Å². The van der Waals surface area contributed by atoms with E-state index in [9.17, 15) is 4.79 Å². The van der Waals surface area contributed by atoms with E-state index in [4.69, 9.17) is 11.6 Å². The molecule has 0 aliphatic heterocycles. The quantitative estimate of drug-likeness (QED) is 0.449. The van der Waals surface area contributed by atoms with Crippen LogP contribution in [0.3, 0.4) is 0 Å². The molecule has 0 heterocycles. The largest absolute Gasteiger partial charge is 0.272 e. The summed E-state index contributed by atoms with van der Waals surface area (Å²) >= 11 is 7.61. The van der Waals surface area contributed by atoms with Crippen molar-refractivity contribution < 1.29 is 4.79 Å². The highest BCUT2D eigenvalue weighted by Gasteiger charge is 2.23. The van der Waals surface area contributed by atoms with E-state index in [2.05, 4.69) is 10.5 Å². The Labute approximate surface area is 152 Å². The Kier molecular flexibility index (Phi) is 6.88. The van der Waals surface area contributed by atoms with E-state index in [-0.39, 0.29) is 17.7 Å². The highest BCUT2D eigenvalue weighted by molar-refractivity contribution is 7.98. The molecule has 24 heavy (non-hydrogen) atoms. The molecule has 2 aromatic carbocycles. The summed E-state index contributed by atoms with van der Waals surface area (Å²) in [6.07, 6.45) is 3.69. The molecule has 0 fully saturated rings. The fourth-order valence-corrected chi connectivity index (χ4v) is 2.97. The first-order chi connectivity index (χ1) is 11.5. The Morgan fingerprint density at radius 1 is 1.12 bits per heavy atom. The number of nitrogens with one attached hydrogen (secondary N) is 1. The number of hydrazone groups is 1. The number of hydrogen-bond acceptors (Lipinski definition) is 3. The Morgan fingerprint density at radius 3 is 2.29 bits per heavy atom. The Bertz CT molecular complexity index is 696. The average Bonchev–Trinajstić information content (AvgIpc) is 2.57. The monoisotopic (exact) mass is 360 g/mol. The topological polar surface area (TPSA) is 41.5 Å². The predicted octanol–water partition coefficient (Wildman–Crippen LogP) is 4.95. The number of amides is 1. The van der Waals surface area contributed by atoms with Crippen LogP contribution < -0.4 is 5.43 Å². The molecule has 1 amide bonds. The van der Waals surface area contributed by atoms with Crippen molar-refractivity contribution in [2.45, 2.75) is 24.7 Å². The predicted molar refractivity (Wildman–Crippen MR) is 103 cm³/mol. The van der Waals surface area contributed by atoms with E-state index in [1.165, 1.54) is 4.90 Å². The van der Waals surface area contributed by atoms with Crippen molar-refractivity contribution in [3.05, 3.63) is 64.7 Å². The zero-order valence-electron chi connectivity index (χ0n) is 14.0. The van der Waals surface area contributed by atoms with Gasteiger partial charge in [-0.25, -0.2) is 5.43 Å². The highest BCUT2D eigenvalue weighted by Crippen LogP contribution is 2.26. The van der Waals surface area contributed by atoms with Gasteiger partial charge in [-0.05, 0) is 47.6 Å². The van der Waals surface area contributed by atoms with Crippen LogP contribution in [0.4, 0.5) is 0 Å². The number of benzene rings is 2. The number of carbonyl (C=O) groups is 1. The van der Waals surface area contributed by atoms with Gasteiger partial charge in [0.1, 0.15) is 0 Å². The van der Waals surface area contributed by atoms with Crippen LogP contribution in [0.15, 0.2) is 58.5 Å². The third-order valence-corrected chi connectivity index (χ3v) is 4.68. The summed E-state index contributed by atoms with van der Waals surface area (Å²) in [6.45, 7) is 4.04. The fraction of sp³-hybridized carbons (Fsp3) is 0.263. The van der Waals surface area contributed by atoms with Crippen molar-refractivity contribution >= 4 is 35.5 Å². The molecular formula is C19H21ClN2OS. The molecule has 0 unspecified atom stereocenters. The van der Waals surface area contributed by atoms with Gasteiger partial charge in [-0.3, -0.25) is 4.79 Å². The number of nitrogens with zero attached hydrogens (tertiary/aromatic N) is 1. The third kappa shape index (κ3) is 5.11. The van der Waals surface area contributed by atoms with Crippen LogP contribution in [-0.4, -0.2) is 18.4 Å². The molecule has 0 radical (unpaired) electrons. The van der Waals surface area contributed by atoms with Gasteiger partial charge >= 0.3 is 0 Å². The third-order valence-electron chi connectivity index (χ3n) is 3.68. The van der Waals surface area contributed by atoms with Crippen molar-refractivity contribution in [1.29, 1.82) is 0 Å². The molecule has 126 valence electrons. The lowest BCUT2D eigenvalue weighted by Gasteiger charge is -2.19. The van der Waals surface area contributed by atoms with Crippen LogP contribution in [0, 0.1) is 5.92 Å². The lowest BCUT2D eigenvalue weighted by atomic mass is 9.88. The smallest absolute Gasteiger partial charge is 0.247 e. The number of thioether (sulfide) groups is 1. The molecule has 2 rings (SSSR count). The van der Waals surface area contributed by atoms with Crippen molar-refractivity contribution in [1.82, 2.24) is 5.43 Å². The fourth-order valence-electron chi connectivity index (χ4n) is 2.44. The van der Waals surface area contributed by atoms with Crippen LogP contribution in [0.5, 0.6) is 0 Å². The number of carbonyl (C=O) groups excluding carboxylic acids is 1. The molecule has 0 saturated carbocycles. The summed E-state index contributed by atoms with van der Waals surface area (Å²) in [5, 5.41) is 4.75. The first-order valence-electron chi connectivity index (χ1n) is 7.73. The standard InChI is InChI=1S/C19H21ClN2OS/c1-13(2)18(15-6-8-16(20)9-7-15)19(23)22-21-12-14-4-10-17(24-3)11-5-14/h4-13,18H,1-3H3,(H,22,23)/b21-12-/t18-/m0/s1. The second kappa shape index (κ2) is 8.90. The second-order valence-corrected chi connectivity index (χ2v) is 7.10. The van der Waals surface area contributed by atoms with Crippen LogP contribution in [-0.2, 0) is 4.79 Å². The van der Waals surface area contributed by atoms with Gasteiger partial charge in [-0.2, -0.15) is 5.10 Å². The number of halogens is 1. The Hall–Kier alpha value is -1.78. The summed E-state index contributed by atoms with van der Waals surface area (Å²) < 4.78 is 0. The summed E-state index contributed by atoms with van der Waals surface area (Å²) in [7, 11) is 0. The molecule has 0 aliphatic rings. The normalized spacial score (nSPS) is 12.5. The minimum absolute atomic E-state index is 0.121. The summed E-state index contributed by atoms with van der Waals surface area (Å²) in [4.78, 5) is 13.7. The summed E-state index contributed by atoms with van der Waals surface area (Å²) in [5.41, 5.74) is 4.53. The van der Waals surface area contributed by atoms with Crippen LogP contribution in [0.25, 0.3) is 0 Å². The van der Waals surface area contributed by atoms with E-state index in [1.54, 1.807) is 30.1 Å². The maximum Gasteiger partial charge on any atom is 0.247 e. The maximum absolute atomic E-state index is 12.5. The SMILES string of the molecule is CSc1ccc(/C=N\NC(=O)[C@H](c2ccc(Cl)cc2)C(C)C)cc1. The summed E-state index contributed by atoms with van der Waals surface area (Å²) in [6, 6.07) is 15.4. The maximum atomic E-state index is 12.5. The molecule has 1 N–H and O–H groups in total. The molecular weight excluding hydrogens is 340 g/mol. The number of rotatable bonds is 6. The molecule has 0 aromatic heterocycles.